The van der Waals surface area contributed by atoms with Crippen LogP contribution in [-0.4, -0.2) is 21.3 Å². The van der Waals surface area contributed by atoms with Crippen LogP contribution in [0, 0.1) is 0 Å². The first-order chi connectivity index (χ1) is 9.22. The van der Waals surface area contributed by atoms with Gasteiger partial charge in [-0.3, -0.25) is 5.10 Å². The van der Waals surface area contributed by atoms with Gasteiger partial charge in [-0.25, -0.2) is 4.79 Å². The summed E-state index contributed by atoms with van der Waals surface area (Å²) in [4.78, 5) is 10.7. The molecule has 0 radical (unpaired) electrons. The third kappa shape index (κ3) is 2.45. The van der Waals surface area contributed by atoms with Gasteiger partial charge < -0.3 is 9.84 Å². The molecule has 98 valence electrons. The Labute approximate surface area is 110 Å². The van der Waals surface area contributed by atoms with E-state index in [0.717, 1.165) is 18.6 Å². The molecule has 0 saturated heterocycles. The lowest BCUT2D eigenvalue weighted by Crippen LogP contribution is -1.97. The standard InChI is InChI=1S/C14H14N2O3/c17-14(18)13-7-11(15-16-13)8-19-12-5-4-9-2-1-3-10(9)6-12/h4-7H,1-3,8H2,(H,15,16)(H,17,18). The molecule has 19 heavy (non-hydrogen) atoms. The molecule has 1 aromatic carbocycles. The highest BCUT2D eigenvalue weighted by atomic mass is 16.5. The number of aromatic carboxylic acids is 1. The van der Waals surface area contributed by atoms with Gasteiger partial charge in [-0.2, -0.15) is 5.10 Å². The third-order valence-electron chi connectivity index (χ3n) is 3.31. The summed E-state index contributed by atoms with van der Waals surface area (Å²) >= 11 is 0. The SMILES string of the molecule is O=C(O)c1cc(COc2ccc3c(c2)CCC3)[nH]n1. The van der Waals surface area contributed by atoms with Crippen LogP contribution in [0.4, 0.5) is 0 Å². The zero-order chi connectivity index (χ0) is 13.2. The largest absolute Gasteiger partial charge is 0.487 e. The molecule has 0 atom stereocenters. The monoisotopic (exact) mass is 258 g/mol. The molecule has 1 aromatic heterocycles. The number of carboxylic acids is 1. The van der Waals surface area contributed by atoms with E-state index < -0.39 is 5.97 Å². The zero-order valence-corrected chi connectivity index (χ0v) is 10.3. The van der Waals surface area contributed by atoms with Crippen molar-refractivity contribution in [1.82, 2.24) is 10.2 Å². The minimum Gasteiger partial charge on any atom is -0.487 e. The quantitative estimate of drug-likeness (QED) is 0.881. The predicted molar refractivity (Wildman–Crippen MR) is 68.3 cm³/mol. The molecular formula is C14H14N2O3. The van der Waals surface area contributed by atoms with Crippen molar-refractivity contribution in [3.8, 4) is 5.75 Å². The molecule has 0 amide bonds. The molecule has 0 unspecified atom stereocenters. The number of aryl methyl sites for hydroxylation is 2. The van der Waals surface area contributed by atoms with E-state index in [9.17, 15) is 4.79 Å². The molecule has 1 aliphatic rings. The van der Waals surface area contributed by atoms with E-state index in [2.05, 4.69) is 22.3 Å². The molecule has 2 N–H and O–H groups in total. The van der Waals surface area contributed by atoms with E-state index in [4.69, 9.17) is 9.84 Å². The van der Waals surface area contributed by atoms with Gasteiger partial charge in [0, 0.05) is 0 Å². The first kappa shape index (κ1) is 11.8. The van der Waals surface area contributed by atoms with Crippen LogP contribution in [0.5, 0.6) is 5.75 Å². The summed E-state index contributed by atoms with van der Waals surface area (Å²) in [5.41, 5.74) is 3.42. The van der Waals surface area contributed by atoms with Crippen molar-refractivity contribution >= 4 is 5.97 Å². The number of ether oxygens (including phenoxy) is 1. The van der Waals surface area contributed by atoms with E-state index >= 15 is 0 Å². The number of rotatable bonds is 4. The van der Waals surface area contributed by atoms with Gasteiger partial charge in [0.25, 0.3) is 0 Å². The Hall–Kier alpha value is -2.30. The fraction of sp³-hybridized carbons (Fsp3) is 0.286. The van der Waals surface area contributed by atoms with E-state index in [1.807, 2.05) is 6.07 Å². The Morgan fingerprint density at radius 3 is 2.95 bits per heavy atom. The average molecular weight is 258 g/mol. The summed E-state index contributed by atoms with van der Waals surface area (Å²) in [6.45, 7) is 0.291. The van der Waals surface area contributed by atoms with Gasteiger partial charge in [-0.05, 0) is 48.6 Å². The fourth-order valence-electron chi connectivity index (χ4n) is 2.34. The second-order valence-corrected chi connectivity index (χ2v) is 4.66. The van der Waals surface area contributed by atoms with Crippen LogP contribution in [0.3, 0.4) is 0 Å². The van der Waals surface area contributed by atoms with Crippen molar-refractivity contribution in [2.24, 2.45) is 0 Å². The van der Waals surface area contributed by atoms with E-state index in [0.29, 0.717) is 12.3 Å². The highest BCUT2D eigenvalue weighted by Crippen LogP contribution is 2.26. The number of H-pyrrole nitrogens is 1. The smallest absolute Gasteiger partial charge is 0.356 e. The fourth-order valence-corrected chi connectivity index (χ4v) is 2.34. The minimum absolute atomic E-state index is 0.00699. The van der Waals surface area contributed by atoms with Gasteiger partial charge in [-0.1, -0.05) is 6.07 Å². The molecule has 1 aliphatic carbocycles. The highest BCUT2D eigenvalue weighted by molar-refractivity contribution is 5.85. The van der Waals surface area contributed by atoms with Gasteiger partial charge >= 0.3 is 5.97 Å². The number of fused-ring (bicyclic) bond motifs is 1. The average Bonchev–Trinajstić information content (AvgIpc) is 3.04. The van der Waals surface area contributed by atoms with Crippen LogP contribution in [0.15, 0.2) is 24.3 Å². The maximum atomic E-state index is 10.7. The zero-order valence-electron chi connectivity index (χ0n) is 10.3. The van der Waals surface area contributed by atoms with E-state index in [-0.39, 0.29) is 5.69 Å². The number of aromatic amines is 1. The van der Waals surface area contributed by atoms with E-state index in [1.54, 1.807) is 0 Å². The van der Waals surface area contributed by atoms with Gasteiger partial charge in [0.1, 0.15) is 12.4 Å². The van der Waals surface area contributed by atoms with Crippen LogP contribution in [-0.2, 0) is 19.4 Å². The van der Waals surface area contributed by atoms with Crippen molar-refractivity contribution in [2.75, 3.05) is 0 Å². The maximum absolute atomic E-state index is 10.7. The Morgan fingerprint density at radius 2 is 2.16 bits per heavy atom. The summed E-state index contributed by atoms with van der Waals surface area (Å²) in [7, 11) is 0. The number of carboxylic acid groups (broad SMARTS) is 1. The predicted octanol–water partition coefficient (Wildman–Crippen LogP) is 2.18. The van der Waals surface area contributed by atoms with Crippen molar-refractivity contribution in [3.05, 3.63) is 46.8 Å². The second-order valence-electron chi connectivity index (χ2n) is 4.66. The van der Waals surface area contributed by atoms with Crippen molar-refractivity contribution < 1.29 is 14.6 Å². The summed E-state index contributed by atoms with van der Waals surface area (Å²) in [5.74, 6) is -0.229. The van der Waals surface area contributed by atoms with Crippen LogP contribution in [0.25, 0.3) is 0 Å². The Morgan fingerprint density at radius 1 is 1.32 bits per heavy atom. The van der Waals surface area contributed by atoms with Crippen LogP contribution in [0.1, 0.15) is 33.7 Å². The molecule has 3 rings (SSSR count). The number of nitrogens with zero attached hydrogens (tertiary/aromatic N) is 1. The maximum Gasteiger partial charge on any atom is 0.356 e. The first-order valence-electron chi connectivity index (χ1n) is 6.24. The molecule has 0 saturated carbocycles. The Kier molecular flexibility index (Phi) is 2.95. The van der Waals surface area contributed by atoms with Crippen LogP contribution in [0.2, 0.25) is 0 Å². The Bertz CT molecular complexity index is 619. The normalized spacial score (nSPS) is 13.3. The Balaban J connectivity index is 1.67. The second kappa shape index (κ2) is 4.76. The van der Waals surface area contributed by atoms with Crippen molar-refractivity contribution in [2.45, 2.75) is 25.9 Å². The number of hydrogen-bond donors (Lipinski definition) is 2. The molecule has 0 fully saturated rings. The number of aromatic nitrogens is 2. The van der Waals surface area contributed by atoms with Gasteiger partial charge in [0.05, 0.1) is 5.69 Å². The number of hydrogen-bond acceptors (Lipinski definition) is 3. The third-order valence-corrected chi connectivity index (χ3v) is 3.31. The first-order valence-corrected chi connectivity index (χ1v) is 6.24. The lowest BCUT2D eigenvalue weighted by atomic mass is 10.1. The minimum atomic E-state index is -1.04. The van der Waals surface area contributed by atoms with Crippen LogP contribution >= 0.6 is 0 Å². The molecule has 5 nitrogen and oxygen atoms in total. The lowest BCUT2D eigenvalue weighted by molar-refractivity contribution is 0.0690. The summed E-state index contributed by atoms with van der Waals surface area (Å²) in [6, 6.07) is 7.61. The molecule has 1 heterocycles. The summed E-state index contributed by atoms with van der Waals surface area (Å²) in [5, 5.41) is 15.1. The highest BCUT2D eigenvalue weighted by Gasteiger charge is 2.12. The molecule has 0 spiro atoms. The number of benzene rings is 1. The van der Waals surface area contributed by atoms with Gasteiger partial charge in [0.15, 0.2) is 5.69 Å². The van der Waals surface area contributed by atoms with E-state index in [1.165, 1.54) is 23.6 Å². The topological polar surface area (TPSA) is 75.2 Å². The van der Waals surface area contributed by atoms with Gasteiger partial charge in [0.2, 0.25) is 0 Å². The number of nitrogens with one attached hydrogen (secondary N) is 1. The number of carbonyl (C=O) groups is 1. The molecule has 5 heteroatoms. The summed E-state index contributed by atoms with van der Waals surface area (Å²) < 4.78 is 5.65. The molecule has 2 aromatic rings. The molecular weight excluding hydrogens is 244 g/mol. The van der Waals surface area contributed by atoms with Gasteiger partial charge in [-0.15, -0.1) is 0 Å². The van der Waals surface area contributed by atoms with Crippen molar-refractivity contribution in [1.29, 1.82) is 0 Å². The van der Waals surface area contributed by atoms with Crippen molar-refractivity contribution in [3.63, 3.8) is 0 Å². The molecule has 0 aliphatic heterocycles. The summed E-state index contributed by atoms with van der Waals surface area (Å²) in [6.07, 6.45) is 3.47. The van der Waals surface area contributed by atoms with Crippen LogP contribution < -0.4 is 4.74 Å². The lowest BCUT2D eigenvalue weighted by Gasteiger charge is -2.06. The molecule has 0 bridgehead atoms.